The molecule has 21 heavy (non-hydrogen) atoms. The van der Waals surface area contributed by atoms with Crippen LogP contribution in [0.15, 0.2) is 18.2 Å². The molecule has 0 saturated carbocycles. The number of ether oxygens (including phenoxy) is 1. The molecule has 1 aliphatic rings. The van der Waals surface area contributed by atoms with E-state index in [2.05, 4.69) is 16.9 Å². The quantitative estimate of drug-likeness (QED) is 0.917. The second-order valence-corrected chi connectivity index (χ2v) is 5.60. The molecule has 2 aromatic rings. The third-order valence-electron chi connectivity index (χ3n) is 4.20. The van der Waals surface area contributed by atoms with E-state index >= 15 is 0 Å². The van der Waals surface area contributed by atoms with E-state index < -0.39 is 0 Å². The van der Waals surface area contributed by atoms with Gasteiger partial charge in [-0.05, 0) is 26.1 Å². The van der Waals surface area contributed by atoms with Crippen LogP contribution in [0.2, 0.25) is 0 Å². The zero-order valence-corrected chi connectivity index (χ0v) is 12.8. The van der Waals surface area contributed by atoms with Crippen LogP contribution < -0.4 is 4.74 Å². The summed E-state index contributed by atoms with van der Waals surface area (Å²) in [6, 6.07) is 5.81. The number of carbonyl (C=O) groups is 1. The predicted molar refractivity (Wildman–Crippen MR) is 83.0 cm³/mol. The zero-order chi connectivity index (χ0) is 15.0. The van der Waals surface area contributed by atoms with Crippen molar-refractivity contribution < 1.29 is 9.53 Å². The number of rotatable bonds is 2. The van der Waals surface area contributed by atoms with Gasteiger partial charge in [0, 0.05) is 31.9 Å². The number of aromatic nitrogens is 1. The maximum Gasteiger partial charge on any atom is 0.256 e. The molecule has 2 heterocycles. The third-order valence-corrected chi connectivity index (χ3v) is 4.20. The number of hydrogen-bond acceptors (Lipinski definition) is 3. The van der Waals surface area contributed by atoms with E-state index in [1.54, 1.807) is 7.11 Å². The molecule has 0 atom stereocenters. The SMILES string of the molecule is COc1cccc2[nH]c(C)c(C(=O)N3CCN(C)CC3)c12. The fraction of sp³-hybridized carbons (Fsp3) is 0.438. The van der Waals surface area contributed by atoms with Crippen LogP contribution in [0.4, 0.5) is 0 Å². The molecule has 1 saturated heterocycles. The lowest BCUT2D eigenvalue weighted by atomic mass is 10.1. The van der Waals surface area contributed by atoms with Gasteiger partial charge in [0.05, 0.1) is 23.6 Å². The van der Waals surface area contributed by atoms with Gasteiger partial charge in [-0.3, -0.25) is 4.79 Å². The van der Waals surface area contributed by atoms with Crippen molar-refractivity contribution in [1.29, 1.82) is 0 Å². The zero-order valence-electron chi connectivity index (χ0n) is 12.8. The largest absolute Gasteiger partial charge is 0.496 e. The Hall–Kier alpha value is -2.01. The second-order valence-electron chi connectivity index (χ2n) is 5.60. The molecule has 1 fully saturated rings. The number of carbonyl (C=O) groups excluding carboxylic acids is 1. The summed E-state index contributed by atoms with van der Waals surface area (Å²) in [6.07, 6.45) is 0. The first-order valence-corrected chi connectivity index (χ1v) is 7.25. The molecule has 112 valence electrons. The van der Waals surface area contributed by atoms with Crippen molar-refractivity contribution in [3.05, 3.63) is 29.5 Å². The minimum atomic E-state index is 0.0938. The average molecular weight is 287 g/mol. The number of fused-ring (bicyclic) bond motifs is 1. The van der Waals surface area contributed by atoms with Crippen molar-refractivity contribution in [3.63, 3.8) is 0 Å². The fourth-order valence-electron chi connectivity index (χ4n) is 2.95. The summed E-state index contributed by atoms with van der Waals surface area (Å²) in [5.74, 6) is 0.839. The Bertz CT molecular complexity index is 669. The maximum atomic E-state index is 12.9. The van der Waals surface area contributed by atoms with Crippen molar-refractivity contribution in [2.45, 2.75) is 6.92 Å². The van der Waals surface area contributed by atoms with Crippen molar-refractivity contribution in [2.75, 3.05) is 40.3 Å². The second kappa shape index (κ2) is 5.41. The number of methoxy groups -OCH3 is 1. The van der Waals surface area contributed by atoms with Crippen molar-refractivity contribution in [3.8, 4) is 5.75 Å². The Morgan fingerprint density at radius 3 is 2.62 bits per heavy atom. The molecule has 1 aliphatic heterocycles. The lowest BCUT2D eigenvalue weighted by molar-refractivity contribution is 0.0665. The van der Waals surface area contributed by atoms with E-state index in [1.807, 2.05) is 30.0 Å². The first-order valence-electron chi connectivity index (χ1n) is 7.25. The number of H-pyrrole nitrogens is 1. The summed E-state index contributed by atoms with van der Waals surface area (Å²) in [5.41, 5.74) is 2.59. The monoisotopic (exact) mass is 287 g/mol. The topological polar surface area (TPSA) is 48.6 Å². The number of nitrogens with zero attached hydrogens (tertiary/aromatic N) is 2. The molecule has 0 bridgehead atoms. The maximum absolute atomic E-state index is 12.9. The van der Waals surface area contributed by atoms with E-state index in [4.69, 9.17) is 4.74 Å². The first kappa shape index (κ1) is 13.9. The summed E-state index contributed by atoms with van der Waals surface area (Å²) in [5, 5.41) is 0.890. The molecule has 1 N–H and O–H groups in total. The summed E-state index contributed by atoms with van der Waals surface area (Å²) in [4.78, 5) is 20.4. The average Bonchev–Trinajstić information content (AvgIpc) is 2.83. The van der Waals surface area contributed by atoms with Crippen LogP contribution in [0.5, 0.6) is 5.75 Å². The number of hydrogen-bond donors (Lipinski definition) is 1. The summed E-state index contributed by atoms with van der Waals surface area (Å²) in [7, 11) is 3.73. The molecule has 0 aliphatic carbocycles. The first-order chi connectivity index (χ1) is 10.1. The van der Waals surface area contributed by atoms with Gasteiger partial charge in [-0.15, -0.1) is 0 Å². The van der Waals surface area contributed by atoms with Gasteiger partial charge >= 0.3 is 0 Å². The van der Waals surface area contributed by atoms with Crippen LogP contribution in [0.25, 0.3) is 10.9 Å². The van der Waals surface area contributed by atoms with E-state index in [0.717, 1.165) is 54.1 Å². The number of aryl methyl sites for hydroxylation is 1. The van der Waals surface area contributed by atoms with Gasteiger partial charge in [0.2, 0.25) is 0 Å². The van der Waals surface area contributed by atoms with Gasteiger partial charge in [-0.1, -0.05) is 6.07 Å². The van der Waals surface area contributed by atoms with Crippen molar-refractivity contribution in [2.24, 2.45) is 0 Å². The number of aromatic amines is 1. The summed E-state index contributed by atoms with van der Waals surface area (Å²) in [6.45, 7) is 5.34. The van der Waals surface area contributed by atoms with Crippen LogP contribution in [-0.4, -0.2) is 61.0 Å². The highest BCUT2D eigenvalue weighted by Gasteiger charge is 2.25. The number of piperazine rings is 1. The smallest absolute Gasteiger partial charge is 0.256 e. The standard InChI is InChI=1S/C16H21N3O2/c1-11-14(16(20)19-9-7-18(2)8-10-19)15-12(17-11)5-4-6-13(15)21-3/h4-6,17H,7-10H2,1-3H3. The lowest BCUT2D eigenvalue weighted by Gasteiger charge is -2.32. The molecule has 3 rings (SSSR count). The highest BCUT2D eigenvalue weighted by atomic mass is 16.5. The van der Waals surface area contributed by atoms with E-state index in [0.29, 0.717) is 0 Å². The van der Waals surface area contributed by atoms with Gasteiger partial charge in [0.1, 0.15) is 5.75 Å². The van der Waals surface area contributed by atoms with Crippen molar-refractivity contribution >= 4 is 16.8 Å². The summed E-state index contributed by atoms with van der Waals surface area (Å²) < 4.78 is 5.44. The third kappa shape index (κ3) is 2.38. The van der Waals surface area contributed by atoms with Crippen LogP contribution in [-0.2, 0) is 0 Å². The van der Waals surface area contributed by atoms with E-state index in [-0.39, 0.29) is 5.91 Å². The minimum absolute atomic E-state index is 0.0938. The van der Waals surface area contributed by atoms with Gasteiger partial charge in [0.15, 0.2) is 0 Å². The minimum Gasteiger partial charge on any atom is -0.496 e. The van der Waals surface area contributed by atoms with Gasteiger partial charge in [-0.2, -0.15) is 0 Å². The molecule has 5 nitrogen and oxygen atoms in total. The molecule has 1 amide bonds. The molecule has 0 unspecified atom stereocenters. The number of nitrogens with one attached hydrogen (secondary N) is 1. The normalized spacial score (nSPS) is 16.4. The molecular formula is C16H21N3O2. The van der Waals surface area contributed by atoms with Crippen LogP contribution in [0.3, 0.4) is 0 Å². The molecule has 0 spiro atoms. The van der Waals surface area contributed by atoms with Crippen LogP contribution in [0.1, 0.15) is 16.1 Å². The van der Waals surface area contributed by atoms with Crippen LogP contribution in [0, 0.1) is 6.92 Å². The Morgan fingerprint density at radius 1 is 1.24 bits per heavy atom. The van der Waals surface area contributed by atoms with Gasteiger partial charge in [-0.25, -0.2) is 0 Å². The lowest BCUT2D eigenvalue weighted by Crippen LogP contribution is -2.47. The summed E-state index contributed by atoms with van der Waals surface area (Å²) >= 11 is 0. The molecule has 5 heteroatoms. The van der Waals surface area contributed by atoms with Gasteiger partial charge < -0.3 is 19.5 Å². The highest BCUT2D eigenvalue weighted by molar-refractivity contribution is 6.10. The molecular weight excluding hydrogens is 266 g/mol. The Kier molecular flexibility index (Phi) is 3.59. The Balaban J connectivity index is 2.03. The Morgan fingerprint density at radius 2 is 1.95 bits per heavy atom. The molecule has 0 radical (unpaired) electrons. The van der Waals surface area contributed by atoms with E-state index in [9.17, 15) is 4.79 Å². The number of benzene rings is 1. The highest BCUT2D eigenvalue weighted by Crippen LogP contribution is 2.31. The van der Waals surface area contributed by atoms with Gasteiger partial charge in [0.25, 0.3) is 5.91 Å². The van der Waals surface area contributed by atoms with E-state index in [1.165, 1.54) is 0 Å². The number of amides is 1. The fourth-order valence-corrected chi connectivity index (χ4v) is 2.95. The van der Waals surface area contributed by atoms with Crippen LogP contribution >= 0.6 is 0 Å². The molecule has 1 aromatic carbocycles. The predicted octanol–water partition coefficient (Wildman–Crippen LogP) is 1.87. The molecule has 1 aromatic heterocycles. The number of likely N-dealkylation sites (N-methyl/N-ethyl adjacent to an activating group) is 1. The van der Waals surface area contributed by atoms with Crippen molar-refractivity contribution in [1.82, 2.24) is 14.8 Å². The Labute approximate surface area is 124 Å².